The maximum atomic E-state index is 13.0. The Morgan fingerprint density at radius 1 is 1.03 bits per heavy atom. The van der Waals surface area contributed by atoms with Gasteiger partial charge in [-0.3, -0.25) is 9.36 Å². The number of ether oxygens (including phenoxy) is 1. The molecule has 0 fully saturated rings. The molecule has 4 aromatic rings. The molecule has 34 heavy (non-hydrogen) atoms. The fourth-order valence-corrected chi connectivity index (χ4v) is 5.04. The van der Waals surface area contributed by atoms with E-state index < -0.39 is 0 Å². The van der Waals surface area contributed by atoms with Crippen molar-refractivity contribution in [3.63, 3.8) is 0 Å². The number of rotatable bonds is 6. The molecule has 0 saturated carbocycles. The first-order chi connectivity index (χ1) is 16.6. The highest BCUT2D eigenvalue weighted by Crippen LogP contribution is 2.30. The van der Waals surface area contributed by atoms with Gasteiger partial charge in [-0.05, 0) is 53.9 Å². The quantitative estimate of drug-likeness (QED) is 0.344. The number of carbonyl (C=O) groups excluding carboxylic acids is 1. The Balaban J connectivity index is 1.41. The van der Waals surface area contributed by atoms with Crippen LogP contribution in [0.3, 0.4) is 0 Å². The molecule has 1 aromatic heterocycles. The topological polar surface area (TPSA) is 60.3 Å². The molecule has 2 heterocycles. The van der Waals surface area contributed by atoms with E-state index in [9.17, 15) is 4.79 Å². The largest absolute Gasteiger partial charge is 0.497 e. The zero-order valence-corrected chi connectivity index (χ0v) is 20.2. The molecule has 0 unspecified atom stereocenters. The number of hydrogen-bond acceptors (Lipinski definition) is 5. The predicted molar refractivity (Wildman–Crippen MR) is 135 cm³/mol. The number of aromatic nitrogens is 3. The maximum Gasteiger partial charge on any atom is 0.233 e. The minimum absolute atomic E-state index is 0.0908. The van der Waals surface area contributed by atoms with Crippen molar-refractivity contribution < 1.29 is 9.53 Å². The molecule has 3 aromatic carbocycles. The number of methoxy groups -OCH3 is 1. The summed E-state index contributed by atoms with van der Waals surface area (Å²) in [6.45, 7) is 1.38. The van der Waals surface area contributed by atoms with Gasteiger partial charge in [0.25, 0.3) is 0 Å². The van der Waals surface area contributed by atoms with Crippen molar-refractivity contribution in [2.24, 2.45) is 0 Å². The molecular formula is C26H23ClN4O2S. The number of carbonyl (C=O) groups is 1. The molecule has 0 aliphatic carbocycles. The lowest BCUT2D eigenvalue weighted by Gasteiger charge is -2.28. The van der Waals surface area contributed by atoms with E-state index in [0.29, 0.717) is 22.5 Å². The van der Waals surface area contributed by atoms with Gasteiger partial charge < -0.3 is 9.64 Å². The van der Waals surface area contributed by atoms with Crippen LogP contribution in [0.15, 0.2) is 78.0 Å². The molecule has 6 nitrogen and oxygen atoms in total. The van der Waals surface area contributed by atoms with Gasteiger partial charge in [0.1, 0.15) is 5.75 Å². The lowest BCUT2D eigenvalue weighted by molar-refractivity contribution is -0.129. The van der Waals surface area contributed by atoms with Gasteiger partial charge in [-0.2, -0.15) is 0 Å². The minimum Gasteiger partial charge on any atom is -0.497 e. The van der Waals surface area contributed by atoms with Crippen molar-refractivity contribution >= 4 is 29.3 Å². The van der Waals surface area contributed by atoms with Crippen molar-refractivity contribution in [2.75, 3.05) is 19.4 Å². The predicted octanol–water partition coefficient (Wildman–Crippen LogP) is 5.27. The van der Waals surface area contributed by atoms with Crippen molar-refractivity contribution in [1.82, 2.24) is 19.7 Å². The maximum absolute atomic E-state index is 13.0. The average molecular weight is 491 g/mol. The molecule has 0 atom stereocenters. The molecule has 172 valence electrons. The number of nitrogens with zero attached hydrogens (tertiary/aromatic N) is 4. The third kappa shape index (κ3) is 4.67. The number of hydrogen-bond donors (Lipinski definition) is 0. The summed E-state index contributed by atoms with van der Waals surface area (Å²) in [6, 6.07) is 23.5. The number of thioether (sulfide) groups is 1. The lowest BCUT2D eigenvalue weighted by atomic mass is 10.00. The Hall–Kier alpha value is -3.29. The monoisotopic (exact) mass is 490 g/mol. The SMILES string of the molecule is COc1cccc(-c2nnc(SCC(=O)N3CCc4ccccc4C3)n2-c2ccc(Cl)cc2)c1. The van der Waals surface area contributed by atoms with Gasteiger partial charge in [0.15, 0.2) is 11.0 Å². The van der Waals surface area contributed by atoms with E-state index in [0.717, 1.165) is 30.0 Å². The molecule has 1 aliphatic heterocycles. The van der Waals surface area contributed by atoms with Gasteiger partial charge in [-0.15, -0.1) is 10.2 Å². The Labute approximate surface area is 207 Å². The van der Waals surface area contributed by atoms with E-state index >= 15 is 0 Å². The van der Waals surface area contributed by atoms with E-state index in [1.807, 2.05) is 64.1 Å². The summed E-state index contributed by atoms with van der Waals surface area (Å²) >= 11 is 7.51. The third-order valence-corrected chi connectivity index (χ3v) is 7.02. The van der Waals surface area contributed by atoms with Crippen molar-refractivity contribution in [1.29, 1.82) is 0 Å². The second-order valence-corrected chi connectivity index (χ2v) is 9.35. The molecular weight excluding hydrogens is 468 g/mol. The zero-order chi connectivity index (χ0) is 23.5. The lowest BCUT2D eigenvalue weighted by Crippen LogP contribution is -2.37. The van der Waals surface area contributed by atoms with Crippen LogP contribution >= 0.6 is 23.4 Å². The standard InChI is InChI=1S/C26H23ClN4O2S/c1-33-23-8-4-7-19(15-23)25-28-29-26(31(25)22-11-9-21(27)10-12-22)34-17-24(32)30-14-13-18-5-2-3-6-20(18)16-30/h2-12,15H,13-14,16-17H2,1H3. The highest BCUT2D eigenvalue weighted by molar-refractivity contribution is 7.99. The number of amides is 1. The molecule has 1 aliphatic rings. The summed E-state index contributed by atoms with van der Waals surface area (Å²) < 4.78 is 7.34. The highest BCUT2D eigenvalue weighted by Gasteiger charge is 2.22. The van der Waals surface area contributed by atoms with Gasteiger partial charge in [-0.25, -0.2) is 0 Å². The van der Waals surface area contributed by atoms with Crippen molar-refractivity contribution in [3.05, 3.63) is 88.9 Å². The summed E-state index contributed by atoms with van der Waals surface area (Å²) in [5.41, 5.74) is 4.28. The van der Waals surface area contributed by atoms with Crippen LogP contribution in [0.4, 0.5) is 0 Å². The second-order valence-electron chi connectivity index (χ2n) is 7.97. The second kappa shape index (κ2) is 9.91. The number of fused-ring (bicyclic) bond motifs is 1. The van der Waals surface area contributed by atoms with Crippen LogP contribution in [-0.4, -0.2) is 45.0 Å². The molecule has 5 rings (SSSR count). The van der Waals surface area contributed by atoms with Gasteiger partial charge >= 0.3 is 0 Å². The van der Waals surface area contributed by atoms with Crippen molar-refractivity contribution in [3.8, 4) is 22.8 Å². The molecule has 1 amide bonds. The fraction of sp³-hybridized carbons (Fsp3) is 0.192. The highest BCUT2D eigenvalue weighted by atomic mass is 35.5. The average Bonchev–Trinajstić information content (AvgIpc) is 3.31. The van der Waals surface area contributed by atoms with Gasteiger partial charge in [-0.1, -0.05) is 59.8 Å². The van der Waals surface area contributed by atoms with Crippen LogP contribution in [0.25, 0.3) is 17.1 Å². The number of benzene rings is 3. The minimum atomic E-state index is 0.0908. The molecule has 0 radical (unpaired) electrons. The van der Waals surface area contributed by atoms with Crippen LogP contribution < -0.4 is 4.74 Å². The molecule has 0 N–H and O–H groups in total. The van der Waals surface area contributed by atoms with Crippen LogP contribution in [0, 0.1) is 0 Å². The van der Waals surface area contributed by atoms with Crippen LogP contribution in [0.5, 0.6) is 5.75 Å². The molecule has 0 saturated heterocycles. The first-order valence-electron chi connectivity index (χ1n) is 11.0. The normalized spacial score (nSPS) is 12.9. The smallest absolute Gasteiger partial charge is 0.233 e. The third-order valence-electron chi connectivity index (χ3n) is 5.85. The first kappa shape index (κ1) is 22.5. The fourth-order valence-electron chi connectivity index (χ4n) is 4.06. The van der Waals surface area contributed by atoms with E-state index in [2.05, 4.69) is 28.4 Å². The summed E-state index contributed by atoms with van der Waals surface area (Å²) in [6.07, 6.45) is 0.882. The summed E-state index contributed by atoms with van der Waals surface area (Å²) in [4.78, 5) is 15.0. The molecule has 0 bridgehead atoms. The molecule has 0 spiro atoms. The van der Waals surface area contributed by atoms with Crippen LogP contribution in [-0.2, 0) is 17.8 Å². The number of halogens is 1. The summed E-state index contributed by atoms with van der Waals surface area (Å²) in [7, 11) is 1.63. The first-order valence-corrected chi connectivity index (χ1v) is 12.3. The van der Waals surface area contributed by atoms with Crippen LogP contribution in [0.1, 0.15) is 11.1 Å². The Morgan fingerprint density at radius 2 is 1.82 bits per heavy atom. The molecule has 8 heteroatoms. The Kier molecular flexibility index (Phi) is 6.56. The summed E-state index contributed by atoms with van der Waals surface area (Å²) in [5.74, 6) is 1.78. The van der Waals surface area contributed by atoms with Crippen molar-refractivity contribution in [2.45, 2.75) is 18.1 Å². The van der Waals surface area contributed by atoms with E-state index in [-0.39, 0.29) is 11.7 Å². The van der Waals surface area contributed by atoms with E-state index in [4.69, 9.17) is 16.3 Å². The van der Waals surface area contributed by atoms with Gasteiger partial charge in [0.05, 0.1) is 12.9 Å². The van der Waals surface area contributed by atoms with Gasteiger partial charge in [0.2, 0.25) is 5.91 Å². The zero-order valence-electron chi connectivity index (χ0n) is 18.6. The Bertz CT molecular complexity index is 1320. The van der Waals surface area contributed by atoms with Crippen LogP contribution in [0.2, 0.25) is 5.02 Å². The van der Waals surface area contributed by atoms with Gasteiger partial charge in [0, 0.05) is 29.4 Å². The van der Waals surface area contributed by atoms with E-state index in [1.165, 1.54) is 22.9 Å². The van der Waals surface area contributed by atoms with E-state index in [1.54, 1.807) is 7.11 Å². The Morgan fingerprint density at radius 3 is 2.62 bits per heavy atom. The summed E-state index contributed by atoms with van der Waals surface area (Å²) in [5, 5.41) is 10.2.